The Hall–Kier alpha value is -2.83. The topological polar surface area (TPSA) is 106 Å². The molecule has 1 aromatic carbocycles. The van der Waals surface area contributed by atoms with Gasteiger partial charge in [0.25, 0.3) is 5.56 Å². The third kappa shape index (κ3) is 2.09. The molecule has 0 bridgehead atoms. The highest BCUT2D eigenvalue weighted by molar-refractivity contribution is 6.31. The molecule has 98 valence electrons. The number of nitrogens with two attached hydrogens (primary N) is 1. The van der Waals surface area contributed by atoms with Crippen LogP contribution in [0.1, 0.15) is 11.1 Å². The Bertz CT molecular complexity index is 845. The van der Waals surface area contributed by atoms with Gasteiger partial charge in [-0.05, 0) is 17.7 Å². The van der Waals surface area contributed by atoms with Crippen LogP contribution in [0.25, 0.3) is 11.1 Å². The maximum Gasteiger partial charge on any atom is 0.268 e. The van der Waals surface area contributed by atoms with E-state index in [9.17, 15) is 9.18 Å². The van der Waals surface area contributed by atoms with Crippen LogP contribution >= 0.6 is 11.6 Å². The van der Waals surface area contributed by atoms with Gasteiger partial charge in [0, 0.05) is 5.56 Å². The molecule has 0 fully saturated rings. The Labute approximate surface area is 117 Å². The van der Waals surface area contributed by atoms with Crippen molar-refractivity contribution in [2.75, 3.05) is 5.73 Å². The maximum absolute atomic E-state index is 13.2. The van der Waals surface area contributed by atoms with Gasteiger partial charge in [-0.25, -0.2) is 4.39 Å². The highest BCUT2D eigenvalue weighted by Crippen LogP contribution is 2.30. The molecule has 0 atom stereocenters. The number of hydrogen-bond acceptors (Lipinski definition) is 4. The summed E-state index contributed by atoms with van der Waals surface area (Å²) in [4.78, 5) is 13.9. The van der Waals surface area contributed by atoms with Crippen molar-refractivity contribution in [3.63, 3.8) is 0 Å². The van der Waals surface area contributed by atoms with E-state index in [-0.39, 0.29) is 33.1 Å². The third-order valence-corrected chi connectivity index (χ3v) is 2.97. The quantitative estimate of drug-likeness (QED) is 0.838. The number of rotatable bonds is 1. The van der Waals surface area contributed by atoms with E-state index < -0.39 is 11.4 Å². The van der Waals surface area contributed by atoms with Crippen LogP contribution in [0.15, 0.2) is 23.0 Å². The number of nitrogens with one attached hydrogen (secondary N) is 1. The summed E-state index contributed by atoms with van der Waals surface area (Å²) in [5.74, 6) is -0.808. The van der Waals surface area contributed by atoms with Crippen LogP contribution in [0, 0.1) is 28.5 Å². The van der Waals surface area contributed by atoms with Gasteiger partial charge in [-0.15, -0.1) is 0 Å². The normalized spacial score (nSPS) is 9.80. The Morgan fingerprint density at radius 2 is 1.90 bits per heavy atom. The van der Waals surface area contributed by atoms with Gasteiger partial charge in [-0.2, -0.15) is 10.5 Å². The first-order chi connectivity index (χ1) is 9.49. The number of benzene rings is 1. The maximum atomic E-state index is 13.2. The van der Waals surface area contributed by atoms with Crippen LogP contribution in [-0.4, -0.2) is 4.98 Å². The first kappa shape index (κ1) is 13.6. The second kappa shape index (κ2) is 5.04. The zero-order valence-electron chi connectivity index (χ0n) is 9.87. The SMILES string of the molecule is N#Cc1c(N)[nH]c(=O)c(C#N)c1-c1ccc(F)c(Cl)c1. The molecule has 1 heterocycles. The first-order valence-electron chi connectivity index (χ1n) is 5.31. The smallest absolute Gasteiger partial charge is 0.268 e. The molecule has 3 N–H and O–H groups in total. The van der Waals surface area contributed by atoms with Crippen molar-refractivity contribution in [1.82, 2.24) is 4.98 Å². The summed E-state index contributed by atoms with van der Waals surface area (Å²) in [6.45, 7) is 0. The lowest BCUT2D eigenvalue weighted by molar-refractivity contribution is 0.628. The fraction of sp³-hybridized carbons (Fsp3) is 0. The number of halogens is 2. The zero-order valence-corrected chi connectivity index (χ0v) is 10.6. The minimum absolute atomic E-state index is 0.0400. The van der Waals surface area contributed by atoms with Gasteiger partial charge in [0.1, 0.15) is 34.9 Å². The Morgan fingerprint density at radius 1 is 1.25 bits per heavy atom. The van der Waals surface area contributed by atoms with Crippen molar-refractivity contribution in [1.29, 1.82) is 10.5 Å². The standard InChI is InChI=1S/C13H6ClFN4O/c14-9-3-6(1-2-10(9)15)11-7(4-16)12(18)19-13(20)8(11)5-17/h1-3H,(H3,18,19,20). The summed E-state index contributed by atoms with van der Waals surface area (Å²) >= 11 is 5.68. The van der Waals surface area contributed by atoms with Crippen LogP contribution in [0.3, 0.4) is 0 Å². The van der Waals surface area contributed by atoms with E-state index in [1.807, 2.05) is 6.07 Å². The summed E-state index contributed by atoms with van der Waals surface area (Å²) in [5.41, 5.74) is 4.81. The third-order valence-electron chi connectivity index (χ3n) is 2.68. The van der Waals surface area contributed by atoms with Gasteiger partial charge in [0.05, 0.1) is 5.02 Å². The number of aromatic amines is 1. The Morgan fingerprint density at radius 3 is 2.45 bits per heavy atom. The van der Waals surface area contributed by atoms with E-state index >= 15 is 0 Å². The molecule has 0 spiro atoms. The van der Waals surface area contributed by atoms with Gasteiger partial charge in [-0.1, -0.05) is 17.7 Å². The van der Waals surface area contributed by atoms with Crippen LogP contribution in [0.4, 0.5) is 10.2 Å². The van der Waals surface area contributed by atoms with E-state index in [0.717, 1.165) is 6.07 Å². The van der Waals surface area contributed by atoms with Gasteiger partial charge in [0.2, 0.25) is 0 Å². The molecule has 0 saturated carbocycles. The second-order valence-electron chi connectivity index (χ2n) is 3.85. The number of H-pyrrole nitrogens is 1. The molecule has 0 amide bonds. The van der Waals surface area contributed by atoms with E-state index in [4.69, 9.17) is 27.9 Å². The molecule has 20 heavy (non-hydrogen) atoms. The molecular formula is C13H6ClFN4O. The summed E-state index contributed by atoms with van der Waals surface area (Å²) in [6.07, 6.45) is 0. The van der Waals surface area contributed by atoms with Crippen molar-refractivity contribution < 1.29 is 4.39 Å². The fourth-order valence-corrected chi connectivity index (χ4v) is 1.96. The lowest BCUT2D eigenvalue weighted by Crippen LogP contribution is -2.16. The molecule has 1 aromatic heterocycles. The molecule has 0 aliphatic heterocycles. The monoisotopic (exact) mass is 288 g/mol. The van der Waals surface area contributed by atoms with Crippen molar-refractivity contribution in [2.24, 2.45) is 0 Å². The van der Waals surface area contributed by atoms with Crippen LogP contribution in [0.2, 0.25) is 5.02 Å². The number of nitrogens with zero attached hydrogens (tertiary/aromatic N) is 2. The van der Waals surface area contributed by atoms with E-state index in [0.29, 0.717) is 0 Å². The number of nitriles is 2. The highest BCUT2D eigenvalue weighted by atomic mass is 35.5. The minimum Gasteiger partial charge on any atom is -0.384 e. The van der Waals surface area contributed by atoms with Crippen LogP contribution in [-0.2, 0) is 0 Å². The number of aromatic nitrogens is 1. The Balaban J connectivity index is 2.92. The van der Waals surface area contributed by atoms with Crippen LogP contribution < -0.4 is 11.3 Å². The zero-order chi connectivity index (χ0) is 14.9. The van der Waals surface area contributed by atoms with Gasteiger partial charge in [-0.3, -0.25) is 4.79 Å². The van der Waals surface area contributed by atoms with Crippen molar-refractivity contribution in [3.05, 3.63) is 50.5 Å². The molecule has 5 nitrogen and oxygen atoms in total. The minimum atomic E-state index is -0.723. The fourth-order valence-electron chi connectivity index (χ4n) is 1.78. The molecule has 0 unspecified atom stereocenters. The molecule has 0 aliphatic rings. The molecule has 0 aliphatic carbocycles. The molecular weight excluding hydrogens is 283 g/mol. The van der Waals surface area contributed by atoms with E-state index in [1.54, 1.807) is 6.07 Å². The summed E-state index contributed by atoms with van der Waals surface area (Å²) < 4.78 is 13.2. The summed E-state index contributed by atoms with van der Waals surface area (Å²) in [7, 11) is 0. The average Bonchev–Trinajstić information content (AvgIpc) is 2.41. The lowest BCUT2D eigenvalue weighted by Gasteiger charge is -2.09. The summed E-state index contributed by atoms with van der Waals surface area (Å²) in [6, 6.07) is 7.15. The number of nitrogen functional groups attached to an aromatic ring is 1. The van der Waals surface area contributed by atoms with E-state index in [1.165, 1.54) is 12.1 Å². The summed E-state index contributed by atoms with van der Waals surface area (Å²) in [5, 5.41) is 18.0. The Kier molecular flexibility index (Phi) is 3.43. The first-order valence-corrected chi connectivity index (χ1v) is 5.68. The van der Waals surface area contributed by atoms with Crippen molar-refractivity contribution in [3.8, 4) is 23.3 Å². The molecule has 7 heteroatoms. The highest BCUT2D eigenvalue weighted by Gasteiger charge is 2.18. The molecule has 0 radical (unpaired) electrons. The molecule has 2 rings (SSSR count). The van der Waals surface area contributed by atoms with Gasteiger partial charge < -0.3 is 10.7 Å². The van der Waals surface area contributed by atoms with Crippen LogP contribution in [0.5, 0.6) is 0 Å². The number of anilines is 1. The van der Waals surface area contributed by atoms with Gasteiger partial charge >= 0.3 is 0 Å². The van der Waals surface area contributed by atoms with Gasteiger partial charge in [0.15, 0.2) is 0 Å². The largest absolute Gasteiger partial charge is 0.384 e. The van der Waals surface area contributed by atoms with Crippen molar-refractivity contribution in [2.45, 2.75) is 0 Å². The lowest BCUT2D eigenvalue weighted by atomic mass is 9.97. The average molecular weight is 289 g/mol. The number of pyridine rings is 1. The number of hydrogen-bond donors (Lipinski definition) is 2. The molecule has 0 saturated heterocycles. The van der Waals surface area contributed by atoms with E-state index in [2.05, 4.69) is 4.98 Å². The predicted molar refractivity (Wildman–Crippen MR) is 71.3 cm³/mol. The second-order valence-corrected chi connectivity index (χ2v) is 4.25. The molecule has 2 aromatic rings. The predicted octanol–water partition coefficient (Wildman–Crippen LogP) is 2.16. The van der Waals surface area contributed by atoms with Crippen molar-refractivity contribution >= 4 is 17.4 Å².